The molecule has 0 bridgehead atoms. The third-order valence-electron chi connectivity index (χ3n) is 4.18. The summed E-state index contributed by atoms with van der Waals surface area (Å²) >= 11 is 0. The van der Waals surface area contributed by atoms with Crippen molar-refractivity contribution in [1.82, 2.24) is 15.0 Å². The minimum absolute atomic E-state index is 0.250. The predicted molar refractivity (Wildman–Crippen MR) is 118 cm³/mol. The smallest absolute Gasteiger partial charge is 0.323 e. The first-order valence-corrected chi connectivity index (χ1v) is 9.45. The van der Waals surface area contributed by atoms with Gasteiger partial charge in [-0.25, -0.2) is 28.5 Å². The first-order chi connectivity index (χ1) is 15.5. The van der Waals surface area contributed by atoms with E-state index in [2.05, 4.69) is 36.2 Å². The van der Waals surface area contributed by atoms with E-state index in [1.54, 1.807) is 36.5 Å². The van der Waals surface area contributed by atoms with E-state index in [-0.39, 0.29) is 5.69 Å². The standard InChI is InChI=1S/C22H17F2N7O/c23-14-4-9-17(24)18(11-14)30-22(32)29-16-7-5-15(6-8-16)28-20-12-21(27-13-26-20)31-19-3-1-2-10-25-19/h1-13H,(H2,29,30,32)(H2,25,26,27,28,31). The number of anilines is 6. The molecule has 0 aliphatic heterocycles. The molecule has 0 fully saturated rings. The van der Waals surface area contributed by atoms with Crippen molar-refractivity contribution >= 4 is 40.5 Å². The molecular formula is C22H17F2N7O. The van der Waals surface area contributed by atoms with Crippen LogP contribution in [-0.4, -0.2) is 21.0 Å². The Bertz CT molecular complexity index is 1220. The fourth-order valence-corrected chi connectivity index (χ4v) is 2.72. The maximum absolute atomic E-state index is 13.6. The molecule has 32 heavy (non-hydrogen) atoms. The van der Waals surface area contributed by atoms with Gasteiger partial charge in [0.1, 0.15) is 35.4 Å². The maximum Gasteiger partial charge on any atom is 0.323 e. The van der Waals surface area contributed by atoms with E-state index in [4.69, 9.17) is 0 Å². The molecule has 160 valence electrons. The van der Waals surface area contributed by atoms with Crippen LogP contribution in [0, 0.1) is 11.6 Å². The van der Waals surface area contributed by atoms with Crippen LogP contribution in [-0.2, 0) is 0 Å². The summed E-state index contributed by atoms with van der Waals surface area (Å²) in [7, 11) is 0. The second kappa shape index (κ2) is 9.47. The summed E-state index contributed by atoms with van der Waals surface area (Å²) in [4.78, 5) is 24.6. The van der Waals surface area contributed by atoms with Crippen molar-refractivity contribution in [2.45, 2.75) is 0 Å². The van der Waals surface area contributed by atoms with Gasteiger partial charge < -0.3 is 21.3 Å². The number of pyridine rings is 1. The number of benzene rings is 2. The first-order valence-electron chi connectivity index (χ1n) is 9.45. The van der Waals surface area contributed by atoms with E-state index in [1.165, 1.54) is 6.33 Å². The molecule has 10 heteroatoms. The van der Waals surface area contributed by atoms with Gasteiger partial charge in [-0.05, 0) is 48.5 Å². The molecule has 0 aliphatic carbocycles. The summed E-state index contributed by atoms with van der Waals surface area (Å²) in [5, 5.41) is 11.0. The van der Waals surface area contributed by atoms with Crippen molar-refractivity contribution < 1.29 is 13.6 Å². The molecule has 0 saturated heterocycles. The summed E-state index contributed by atoms with van der Waals surface area (Å²) in [5.74, 6) is 0.395. The van der Waals surface area contributed by atoms with Gasteiger partial charge in [0.05, 0.1) is 5.69 Å². The van der Waals surface area contributed by atoms with Gasteiger partial charge in [-0.3, -0.25) is 0 Å². The highest BCUT2D eigenvalue weighted by molar-refractivity contribution is 5.99. The SMILES string of the molecule is O=C(Nc1ccc(Nc2cc(Nc3ccccn3)ncn2)cc1)Nc1cc(F)ccc1F. The second-order valence-electron chi connectivity index (χ2n) is 6.53. The van der Waals surface area contributed by atoms with Gasteiger partial charge in [-0.1, -0.05) is 6.07 Å². The monoisotopic (exact) mass is 433 g/mol. The van der Waals surface area contributed by atoms with Crippen LogP contribution in [0.1, 0.15) is 0 Å². The van der Waals surface area contributed by atoms with Gasteiger partial charge in [0.15, 0.2) is 0 Å². The van der Waals surface area contributed by atoms with Gasteiger partial charge in [-0.2, -0.15) is 0 Å². The predicted octanol–water partition coefficient (Wildman–Crippen LogP) is 5.28. The van der Waals surface area contributed by atoms with Crippen LogP contribution in [0.4, 0.5) is 48.1 Å². The molecule has 2 aromatic heterocycles. The summed E-state index contributed by atoms with van der Waals surface area (Å²) in [6.07, 6.45) is 3.09. The minimum Gasteiger partial charge on any atom is -0.340 e. The average Bonchev–Trinajstić information content (AvgIpc) is 2.79. The summed E-state index contributed by atoms with van der Waals surface area (Å²) in [6, 6.07) is 16.1. The summed E-state index contributed by atoms with van der Waals surface area (Å²) in [5.41, 5.74) is 0.930. The topological polar surface area (TPSA) is 104 Å². The number of urea groups is 1. The number of hydrogen-bond acceptors (Lipinski definition) is 6. The van der Waals surface area contributed by atoms with E-state index in [1.807, 2.05) is 18.2 Å². The molecule has 2 aromatic carbocycles. The molecule has 8 nitrogen and oxygen atoms in total. The van der Waals surface area contributed by atoms with Crippen molar-refractivity contribution in [2.24, 2.45) is 0 Å². The van der Waals surface area contributed by atoms with E-state index < -0.39 is 17.7 Å². The van der Waals surface area contributed by atoms with Gasteiger partial charge in [0.2, 0.25) is 0 Å². The lowest BCUT2D eigenvalue weighted by Crippen LogP contribution is -2.20. The number of aromatic nitrogens is 3. The van der Waals surface area contributed by atoms with Crippen LogP contribution < -0.4 is 21.3 Å². The number of halogens is 2. The summed E-state index contributed by atoms with van der Waals surface area (Å²) < 4.78 is 26.9. The fourth-order valence-electron chi connectivity index (χ4n) is 2.72. The Labute approximate surface area is 181 Å². The van der Waals surface area contributed by atoms with Gasteiger partial charge in [-0.15, -0.1) is 0 Å². The number of carbonyl (C=O) groups is 1. The highest BCUT2D eigenvalue weighted by Crippen LogP contribution is 2.21. The van der Waals surface area contributed by atoms with Crippen LogP contribution in [0.3, 0.4) is 0 Å². The molecule has 0 spiro atoms. The first kappa shape index (κ1) is 20.7. The highest BCUT2D eigenvalue weighted by atomic mass is 19.1. The number of amides is 2. The van der Waals surface area contributed by atoms with Gasteiger partial charge >= 0.3 is 6.03 Å². The molecule has 0 aliphatic rings. The Hall–Kier alpha value is -4.60. The lowest BCUT2D eigenvalue weighted by molar-refractivity contribution is 0.262. The zero-order chi connectivity index (χ0) is 22.3. The molecule has 4 rings (SSSR count). The molecule has 0 saturated carbocycles. The number of carbonyl (C=O) groups excluding carboxylic acids is 1. The second-order valence-corrected chi connectivity index (χ2v) is 6.53. The van der Waals surface area contributed by atoms with Gasteiger partial charge in [0, 0.05) is 29.7 Å². The molecule has 2 heterocycles. The highest BCUT2D eigenvalue weighted by Gasteiger charge is 2.09. The van der Waals surface area contributed by atoms with Crippen LogP contribution in [0.5, 0.6) is 0 Å². The zero-order valence-electron chi connectivity index (χ0n) is 16.5. The lowest BCUT2D eigenvalue weighted by Gasteiger charge is -2.10. The Morgan fingerprint density at radius 2 is 1.47 bits per heavy atom. The number of hydrogen-bond donors (Lipinski definition) is 4. The molecule has 4 aromatic rings. The number of nitrogens with one attached hydrogen (secondary N) is 4. The minimum atomic E-state index is -0.733. The van der Waals surface area contributed by atoms with Crippen molar-refractivity contribution in [3.8, 4) is 0 Å². The quantitative estimate of drug-likeness (QED) is 0.330. The molecule has 0 atom stereocenters. The Kier molecular flexibility index (Phi) is 6.12. The van der Waals surface area contributed by atoms with Crippen LogP contribution in [0.25, 0.3) is 0 Å². The van der Waals surface area contributed by atoms with Crippen molar-refractivity contribution in [2.75, 3.05) is 21.3 Å². The molecule has 0 radical (unpaired) electrons. The maximum atomic E-state index is 13.6. The molecule has 0 unspecified atom stereocenters. The molecule has 4 N–H and O–H groups in total. The van der Waals surface area contributed by atoms with E-state index in [0.717, 1.165) is 23.9 Å². The van der Waals surface area contributed by atoms with E-state index in [0.29, 0.717) is 23.1 Å². The Morgan fingerprint density at radius 3 is 2.22 bits per heavy atom. The summed E-state index contributed by atoms with van der Waals surface area (Å²) in [6.45, 7) is 0. The molecular weight excluding hydrogens is 416 g/mol. The van der Waals surface area contributed by atoms with Crippen LogP contribution in [0.2, 0.25) is 0 Å². The van der Waals surface area contributed by atoms with Crippen molar-refractivity contribution in [3.63, 3.8) is 0 Å². The largest absolute Gasteiger partial charge is 0.340 e. The zero-order valence-corrected chi connectivity index (χ0v) is 16.5. The average molecular weight is 433 g/mol. The third-order valence-corrected chi connectivity index (χ3v) is 4.18. The number of rotatable bonds is 6. The van der Waals surface area contributed by atoms with E-state index in [9.17, 15) is 13.6 Å². The van der Waals surface area contributed by atoms with Crippen molar-refractivity contribution in [3.05, 3.63) is 90.9 Å². The van der Waals surface area contributed by atoms with E-state index >= 15 is 0 Å². The lowest BCUT2D eigenvalue weighted by atomic mass is 10.2. The third kappa shape index (κ3) is 5.51. The Morgan fingerprint density at radius 1 is 0.719 bits per heavy atom. The van der Waals surface area contributed by atoms with Crippen LogP contribution >= 0.6 is 0 Å². The number of nitrogens with zero attached hydrogens (tertiary/aromatic N) is 3. The normalized spacial score (nSPS) is 10.3. The fraction of sp³-hybridized carbons (Fsp3) is 0. The molecule has 2 amide bonds. The van der Waals surface area contributed by atoms with Gasteiger partial charge in [0.25, 0.3) is 0 Å². The van der Waals surface area contributed by atoms with Crippen molar-refractivity contribution in [1.29, 1.82) is 0 Å². The Balaban J connectivity index is 1.36. The van der Waals surface area contributed by atoms with Crippen LogP contribution in [0.15, 0.2) is 79.3 Å².